The second-order valence-electron chi connectivity index (χ2n) is 6.94. The molecule has 150 valence electrons. The molecule has 1 aliphatic heterocycles. The predicted octanol–water partition coefficient (Wildman–Crippen LogP) is 2.92. The number of anilines is 2. The van der Waals surface area contributed by atoms with E-state index in [0.29, 0.717) is 0 Å². The molecule has 8 heteroatoms. The van der Waals surface area contributed by atoms with Crippen LogP contribution in [0.2, 0.25) is 0 Å². The van der Waals surface area contributed by atoms with Gasteiger partial charge < -0.3 is 25.0 Å². The van der Waals surface area contributed by atoms with Crippen molar-refractivity contribution in [1.29, 1.82) is 0 Å². The van der Waals surface area contributed by atoms with E-state index >= 15 is 0 Å². The van der Waals surface area contributed by atoms with E-state index in [1.54, 1.807) is 6.20 Å². The highest BCUT2D eigenvalue weighted by Crippen LogP contribution is 2.24. The summed E-state index contributed by atoms with van der Waals surface area (Å²) in [4.78, 5) is 24.0. The van der Waals surface area contributed by atoms with Gasteiger partial charge in [-0.15, -0.1) is 0 Å². The summed E-state index contributed by atoms with van der Waals surface area (Å²) < 4.78 is 6.11. The number of ether oxygens (including phenoxy) is 1. The first-order chi connectivity index (χ1) is 13.5. The van der Waals surface area contributed by atoms with Crippen LogP contribution in [0.5, 0.6) is 5.75 Å². The third-order valence-electron chi connectivity index (χ3n) is 4.94. The van der Waals surface area contributed by atoms with E-state index in [1.165, 1.54) is 0 Å². The molecule has 2 heterocycles. The predicted molar refractivity (Wildman–Crippen MR) is 108 cm³/mol. The lowest BCUT2D eigenvalue weighted by Gasteiger charge is -2.20. The molecule has 0 saturated carbocycles. The molecule has 1 aromatic carbocycles. The Morgan fingerprint density at radius 1 is 1.39 bits per heavy atom. The minimum atomic E-state index is -1.03. The van der Waals surface area contributed by atoms with Crippen LogP contribution in [0.1, 0.15) is 31.9 Å². The molecule has 2 N–H and O–H groups in total. The van der Waals surface area contributed by atoms with Gasteiger partial charge in [0, 0.05) is 32.8 Å². The minimum absolute atomic E-state index is 0.0859. The standard InChI is InChI=1S/C20H27N5O3/c1-4-24(3)19-21-11-9-18(23-19)25-12-10-17(13-25)28-16-7-5-15(6-8-16)14(2)22-20(26)27/h5-9,11,14,17,22H,4,10,12-13H2,1-3H3,(H,26,27). The maximum Gasteiger partial charge on any atom is 0.405 e. The molecule has 3 rings (SSSR count). The Bertz CT molecular complexity index is 799. The summed E-state index contributed by atoms with van der Waals surface area (Å²) in [6, 6.07) is 9.22. The number of benzene rings is 1. The molecule has 0 bridgehead atoms. The van der Waals surface area contributed by atoms with Gasteiger partial charge in [-0.05, 0) is 37.6 Å². The average Bonchev–Trinajstić information content (AvgIpc) is 3.16. The van der Waals surface area contributed by atoms with E-state index in [4.69, 9.17) is 9.84 Å². The maximum atomic E-state index is 10.8. The summed E-state index contributed by atoms with van der Waals surface area (Å²) in [6.45, 7) is 6.38. The molecule has 1 aromatic heterocycles. The summed E-state index contributed by atoms with van der Waals surface area (Å²) in [5, 5.41) is 11.3. The molecule has 0 radical (unpaired) electrons. The second-order valence-corrected chi connectivity index (χ2v) is 6.94. The largest absolute Gasteiger partial charge is 0.489 e. The lowest BCUT2D eigenvalue weighted by atomic mass is 10.1. The van der Waals surface area contributed by atoms with Gasteiger partial charge in [0.15, 0.2) is 0 Å². The van der Waals surface area contributed by atoms with Crippen LogP contribution in [0.3, 0.4) is 0 Å². The molecule has 0 aliphatic carbocycles. The van der Waals surface area contributed by atoms with Crippen LogP contribution in [0.15, 0.2) is 36.5 Å². The van der Waals surface area contributed by atoms with E-state index in [-0.39, 0.29) is 12.1 Å². The smallest absolute Gasteiger partial charge is 0.405 e. The normalized spacial score (nSPS) is 17.2. The Morgan fingerprint density at radius 3 is 2.82 bits per heavy atom. The van der Waals surface area contributed by atoms with Crippen molar-refractivity contribution in [3.63, 3.8) is 0 Å². The lowest BCUT2D eigenvalue weighted by Crippen LogP contribution is -2.26. The van der Waals surface area contributed by atoms with Gasteiger partial charge in [-0.3, -0.25) is 0 Å². The molecule has 0 spiro atoms. The number of hydrogen-bond donors (Lipinski definition) is 2. The van der Waals surface area contributed by atoms with Gasteiger partial charge in [0.25, 0.3) is 0 Å². The molecule has 1 amide bonds. The van der Waals surface area contributed by atoms with Crippen LogP contribution < -0.4 is 19.9 Å². The minimum Gasteiger partial charge on any atom is -0.489 e. The Balaban J connectivity index is 1.58. The van der Waals surface area contributed by atoms with Crippen molar-refractivity contribution >= 4 is 17.9 Å². The van der Waals surface area contributed by atoms with Crippen molar-refractivity contribution in [1.82, 2.24) is 15.3 Å². The fraction of sp³-hybridized carbons (Fsp3) is 0.450. The number of carboxylic acid groups (broad SMARTS) is 1. The second kappa shape index (κ2) is 8.77. The first-order valence-electron chi connectivity index (χ1n) is 9.51. The molecular formula is C20H27N5O3. The monoisotopic (exact) mass is 385 g/mol. The van der Waals surface area contributed by atoms with Crippen LogP contribution in [0.25, 0.3) is 0 Å². The SMILES string of the molecule is CCN(C)c1nccc(N2CCC(Oc3ccc(C(C)NC(=O)O)cc3)C2)n1. The van der Waals surface area contributed by atoms with Crippen LogP contribution in [-0.4, -0.2) is 54.0 Å². The Kier molecular flexibility index (Phi) is 6.18. The van der Waals surface area contributed by atoms with Crippen LogP contribution >= 0.6 is 0 Å². The average molecular weight is 385 g/mol. The van der Waals surface area contributed by atoms with Gasteiger partial charge in [0.1, 0.15) is 17.7 Å². The van der Waals surface area contributed by atoms with Crippen molar-refractivity contribution in [2.45, 2.75) is 32.4 Å². The molecule has 1 saturated heterocycles. The van der Waals surface area contributed by atoms with Gasteiger partial charge in [0.05, 0.1) is 12.6 Å². The zero-order valence-corrected chi connectivity index (χ0v) is 16.5. The van der Waals surface area contributed by atoms with E-state index < -0.39 is 6.09 Å². The van der Waals surface area contributed by atoms with E-state index in [1.807, 2.05) is 49.2 Å². The Morgan fingerprint density at radius 2 is 2.14 bits per heavy atom. The van der Waals surface area contributed by atoms with Crippen LogP contribution in [-0.2, 0) is 0 Å². The summed E-state index contributed by atoms with van der Waals surface area (Å²) >= 11 is 0. The molecule has 1 aliphatic rings. The highest BCUT2D eigenvalue weighted by Gasteiger charge is 2.25. The molecule has 2 unspecified atom stereocenters. The summed E-state index contributed by atoms with van der Waals surface area (Å²) in [5.74, 6) is 2.43. The number of nitrogens with zero attached hydrogens (tertiary/aromatic N) is 4. The number of hydrogen-bond acceptors (Lipinski definition) is 6. The third kappa shape index (κ3) is 4.82. The molecule has 1 fully saturated rings. The highest BCUT2D eigenvalue weighted by atomic mass is 16.5. The summed E-state index contributed by atoms with van der Waals surface area (Å²) in [5.41, 5.74) is 0.899. The highest BCUT2D eigenvalue weighted by molar-refractivity contribution is 5.65. The van der Waals surface area contributed by atoms with Gasteiger partial charge in [0.2, 0.25) is 5.95 Å². The Hall–Kier alpha value is -3.03. The zero-order chi connectivity index (χ0) is 20.1. The maximum absolute atomic E-state index is 10.8. The third-order valence-corrected chi connectivity index (χ3v) is 4.94. The number of carbonyl (C=O) groups is 1. The van der Waals surface area contributed by atoms with Crippen LogP contribution in [0.4, 0.5) is 16.6 Å². The van der Waals surface area contributed by atoms with Crippen LogP contribution in [0, 0.1) is 0 Å². The number of amides is 1. The zero-order valence-electron chi connectivity index (χ0n) is 16.5. The summed E-state index contributed by atoms with van der Waals surface area (Å²) in [7, 11) is 1.98. The van der Waals surface area contributed by atoms with E-state index in [2.05, 4.69) is 27.1 Å². The molecular weight excluding hydrogens is 358 g/mol. The van der Waals surface area contributed by atoms with Crippen molar-refractivity contribution in [3.8, 4) is 5.75 Å². The van der Waals surface area contributed by atoms with Crippen molar-refractivity contribution in [2.24, 2.45) is 0 Å². The lowest BCUT2D eigenvalue weighted by molar-refractivity contribution is 0.191. The van der Waals surface area contributed by atoms with Gasteiger partial charge in [-0.25, -0.2) is 9.78 Å². The Labute approximate surface area is 165 Å². The number of nitrogens with one attached hydrogen (secondary N) is 1. The van der Waals surface area contributed by atoms with Gasteiger partial charge in [-0.2, -0.15) is 4.98 Å². The molecule has 28 heavy (non-hydrogen) atoms. The van der Waals surface area contributed by atoms with Crippen molar-refractivity contribution in [2.75, 3.05) is 36.5 Å². The molecule has 2 atom stereocenters. The van der Waals surface area contributed by atoms with Gasteiger partial charge in [-0.1, -0.05) is 12.1 Å². The van der Waals surface area contributed by atoms with E-state index in [0.717, 1.165) is 49.1 Å². The van der Waals surface area contributed by atoms with E-state index in [9.17, 15) is 4.79 Å². The first kappa shape index (κ1) is 19.7. The fourth-order valence-electron chi connectivity index (χ4n) is 3.17. The molecule has 2 aromatic rings. The molecule has 8 nitrogen and oxygen atoms in total. The summed E-state index contributed by atoms with van der Waals surface area (Å²) in [6.07, 6.45) is 1.77. The van der Waals surface area contributed by atoms with Crippen molar-refractivity contribution in [3.05, 3.63) is 42.1 Å². The number of rotatable bonds is 7. The first-order valence-corrected chi connectivity index (χ1v) is 9.51. The fourth-order valence-corrected chi connectivity index (χ4v) is 3.17. The van der Waals surface area contributed by atoms with Crippen molar-refractivity contribution < 1.29 is 14.6 Å². The quantitative estimate of drug-likeness (QED) is 0.757. The topological polar surface area (TPSA) is 90.8 Å². The van der Waals surface area contributed by atoms with Gasteiger partial charge >= 0.3 is 6.09 Å². The number of aromatic nitrogens is 2.